The molecule has 5 heterocycles. The summed E-state index contributed by atoms with van der Waals surface area (Å²) < 4.78 is 92.0. The Kier molecular flexibility index (Phi) is 11.8. The molecule has 5 aliphatic rings. The molecule has 9 rings (SSSR count). The van der Waals surface area contributed by atoms with Gasteiger partial charge in [0.25, 0.3) is 11.8 Å². The average Bonchev–Trinajstić information content (AvgIpc) is 4.10. The van der Waals surface area contributed by atoms with E-state index in [0.717, 1.165) is 18.6 Å². The molecule has 20 heteroatoms. The number of ether oxygens (including phenoxy) is 3. The number of fused-ring (bicyclic) bond motifs is 5. The zero-order chi connectivity index (χ0) is 45.7. The Morgan fingerprint density at radius 2 is 1.72 bits per heavy atom. The quantitative estimate of drug-likeness (QED) is 0.172. The Morgan fingerprint density at radius 3 is 2.46 bits per heavy atom. The zero-order valence-electron chi connectivity index (χ0n) is 35.5. The number of carbonyl (C=O) groups is 4. The minimum atomic E-state index is -4.57. The highest BCUT2D eigenvalue weighted by Crippen LogP contribution is 2.48. The lowest BCUT2D eigenvalue weighted by molar-refractivity contribution is -0.141. The molecule has 3 aliphatic heterocycles. The average molecular weight is 923 g/mol. The lowest BCUT2D eigenvalue weighted by atomic mass is 10.0. The maximum atomic E-state index is 14.8. The van der Waals surface area contributed by atoms with Crippen molar-refractivity contribution in [1.82, 2.24) is 30.2 Å². The van der Waals surface area contributed by atoms with Gasteiger partial charge in [0.1, 0.15) is 40.9 Å². The Labute approximate surface area is 372 Å². The number of nitrogens with one attached hydrogen (secondary N) is 3. The van der Waals surface area contributed by atoms with Crippen molar-refractivity contribution in [2.24, 2.45) is 5.92 Å². The molecule has 4 fully saturated rings. The molecule has 0 radical (unpaired) electrons. The third-order valence-corrected chi connectivity index (χ3v) is 15.3. The number of carbonyl (C=O) groups excluding carboxylic acids is 4. The fourth-order valence-electron chi connectivity index (χ4n) is 8.81. The van der Waals surface area contributed by atoms with E-state index in [1.54, 1.807) is 31.2 Å². The molecule has 346 valence electrons. The Bertz CT molecular complexity index is 2650. The van der Waals surface area contributed by atoms with Gasteiger partial charge in [0.2, 0.25) is 27.4 Å². The van der Waals surface area contributed by atoms with Crippen molar-refractivity contribution in [2.45, 2.75) is 118 Å². The van der Waals surface area contributed by atoms with Crippen molar-refractivity contribution in [3.8, 4) is 17.3 Å². The van der Waals surface area contributed by atoms with E-state index in [9.17, 15) is 40.8 Å². The number of aromatic nitrogens is 2. The van der Waals surface area contributed by atoms with Gasteiger partial charge in [-0.05, 0) is 69.7 Å². The molecule has 5 atom stereocenters. The van der Waals surface area contributed by atoms with Crippen LogP contribution in [0.4, 0.5) is 18.0 Å². The summed E-state index contributed by atoms with van der Waals surface area (Å²) in [6.45, 7) is 2.19. The van der Waals surface area contributed by atoms with Gasteiger partial charge in [-0.15, -0.1) is 0 Å². The highest BCUT2D eigenvalue weighted by molar-refractivity contribution is 7.91. The number of furan rings is 1. The van der Waals surface area contributed by atoms with Gasteiger partial charge in [0, 0.05) is 36.1 Å². The van der Waals surface area contributed by atoms with E-state index >= 15 is 0 Å². The molecule has 65 heavy (non-hydrogen) atoms. The number of para-hydroxylation sites is 1. The summed E-state index contributed by atoms with van der Waals surface area (Å²) in [5, 5.41) is 6.17. The fraction of sp³-hybridized carbons (Fsp3) is 0.511. The number of hydrogen-bond acceptors (Lipinski definition) is 12. The number of nitrogens with zero attached hydrogens (tertiary/aromatic N) is 3. The zero-order valence-corrected chi connectivity index (χ0v) is 36.3. The van der Waals surface area contributed by atoms with Crippen LogP contribution in [-0.2, 0) is 40.1 Å². The van der Waals surface area contributed by atoms with E-state index in [4.69, 9.17) is 18.6 Å². The number of halogens is 3. The summed E-state index contributed by atoms with van der Waals surface area (Å²) in [4.78, 5) is 67.4. The van der Waals surface area contributed by atoms with E-state index in [1.807, 2.05) is 12.2 Å². The summed E-state index contributed by atoms with van der Waals surface area (Å²) in [5.41, 5.74) is -1.39. The van der Waals surface area contributed by atoms with Gasteiger partial charge < -0.3 is 34.2 Å². The van der Waals surface area contributed by atoms with Crippen LogP contribution < -0.4 is 20.1 Å². The molecule has 2 aromatic carbocycles. The number of alkyl halides is 3. The second-order valence-electron chi connectivity index (χ2n) is 17.8. The Morgan fingerprint density at radius 1 is 0.969 bits per heavy atom. The van der Waals surface area contributed by atoms with E-state index < -0.39 is 86.1 Å². The van der Waals surface area contributed by atoms with Crippen molar-refractivity contribution in [3.63, 3.8) is 0 Å². The van der Waals surface area contributed by atoms with Crippen LogP contribution in [-0.4, -0.2) is 101 Å². The molecule has 4 aromatic rings. The number of benzene rings is 2. The van der Waals surface area contributed by atoms with Crippen molar-refractivity contribution in [1.29, 1.82) is 0 Å². The van der Waals surface area contributed by atoms with Crippen molar-refractivity contribution in [3.05, 3.63) is 66.2 Å². The number of rotatable bonds is 8. The van der Waals surface area contributed by atoms with Crippen LogP contribution in [0.25, 0.3) is 33.5 Å². The molecule has 0 unspecified atom stereocenters. The van der Waals surface area contributed by atoms with E-state index in [1.165, 1.54) is 17.0 Å². The normalized spacial score (nSPS) is 26.3. The van der Waals surface area contributed by atoms with Crippen molar-refractivity contribution >= 4 is 55.9 Å². The first-order valence-corrected chi connectivity index (χ1v) is 23.5. The van der Waals surface area contributed by atoms with Crippen LogP contribution in [0.5, 0.6) is 5.88 Å². The van der Waals surface area contributed by atoms with Crippen LogP contribution in [0.15, 0.2) is 65.1 Å². The molecule has 2 saturated carbocycles. The van der Waals surface area contributed by atoms with Crippen molar-refractivity contribution < 1.29 is 59.4 Å². The lowest BCUT2D eigenvalue weighted by Gasteiger charge is -2.30. The fourth-order valence-corrected chi connectivity index (χ4v) is 10.1. The van der Waals surface area contributed by atoms with Gasteiger partial charge in [0.05, 0.1) is 30.1 Å². The van der Waals surface area contributed by atoms with E-state index in [2.05, 4.69) is 25.3 Å². The molecular formula is C45H49F3N6O10S. The third kappa shape index (κ3) is 9.10. The monoisotopic (exact) mass is 922 g/mol. The van der Waals surface area contributed by atoms with Gasteiger partial charge in [-0.3, -0.25) is 19.1 Å². The lowest BCUT2D eigenvalue weighted by Crippen LogP contribution is -2.58. The molecular weight excluding hydrogens is 874 g/mol. The number of amides is 4. The third-order valence-electron chi connectivity index (χ3n) is 13.1. The summed E-state index contributed by atoms with van der Waals surface area (Å²) in [6, 6.07) is 8.89. The maximum Gasteiger partial charge on any atom is 0.416 e. The van der Waals surface area contributed by atoms with E-state index in [0.29, 0.717) is 74.6 Å². The number of hydrogen-bond donors (Lipinski definition) is 3. The van der Waals surface area contributed by atoms with Crippen LogP contribution in [0.1, 0.15) is 83.1 Å². The Balaban J connectivity index is 1.05. The molecule has 2 aliphatic carbocycles. The molecule has 2 saturated heterocycles. The van der Waals surface area contributed by atoms with E-state index in [-0.39, 0.29) is 48.7 Å². The smallest absolute Gasteiger partial charge is 0.416 e. The first-order chi connectivity index (χ1) is 31.0. The summed E-state index contributed by atoms with van der Waals surface area (Å²) in [7, 11) is -4.08. The summed E-state index contributed by atoms with van der Waals surface area (Å²) in [6.07, 6.45) is 1.49. The van der Waals surface area contributed by atoms with Gasteiger partial charge in [-0.1, -0.05) is 49.3 Å². The largest absolute Gasteiger partial charge is 0.470 e. The van der Waals surface area contributed by atoms with Crippen LogP contribution >= 0.6 is 0 Å². The summed E-state index contributed by atoms with van der Waals surface area (Å²) >= 11 is 0. The van der Waals surface area contributed by atoms with Gasteiger partial charge in [-0.2, -0.15) is 18.2 Å². The molecule has 0 bridgehead atoms. The first-order valence-electron chi connectivity index (χ1n) is 22.0. The highest BCUT2D eigenvalue weighted by Gasteiger charge is 2.63. The summed E-state index contributed by atoms with van der Waals surface area (Å²) in [5.74, 6) is -2.83. The molecule has 16 nitrogen and oxygen atoms in total. The SMILES string of the molecule is CC1(S(=O)(=O)NC(=O)[C@@]23C[C@H]2C=CCCCCC[C@H](NC(=O)OC2CCOCC2)C(=O)N2C[C@H](Oc4nc(-c5ccc(C(F)(F)F)cc5)nc5c4oc4ccccc45)C[C@H]2C(=O)N3)CC1. The number of allylic oxidation sites excluding steroid dienone is 1. The van der Waals surface area contributed by atoms with Crippen molar-refractivity contribution in [2.75, 3.05) is 19.8 Å². The number of alkyl carbamates (subject to hydrolysis) is 1. The molecule has 0 spiro atoms. The van der Waals surface area contributed by atoms with Gasteiger partial charge in [0.15, 0.2) is 5.82 Å². The minimum absolute atomic E-state index is 0.0255. The van der Waals surface area contributed by atoms with Gasteiger partial charge >= 0.3 is 12.3 Å². The van der Waals surface area contributed by atoms with Crippen LogP contribution in [0.2, 0.25) is 0 Å². The van der Waals surface area contributed by atoms with Crippen LogP contribution in [0, 0.1) is 5.92 Å². The second-order valence-corrected chi connectivity index (χ2v) is 20.0. The maximum absolute atomic E-state index is 14.8. The molecule has 3 N–H and O–H groups in total. The predicted molar refractivity (Wildman–Crippen MR) is 227 cm³/mol. The van der Waals surface area contributed by atoms with Gasteiger partial charge in [-0.25, -0.2) is 18.2 Å². The standard InChI is InChI=1S/C45H49F3N6O10S/c1-43(19-20-43)65(59,60)53-41(57)44-24-28(44)9-5-3-2-4-6-11-32(49-42(58)63-29-17-21-61-22-18-29)40(56)54-25-30(23-33(54)38(55)52-44)62-39-36-35(31-10-7-8-12-34(31)64-36)50-37(51-39)26-13-15-27(16-14-26)45(46,47)48/h5,7-10,12-16,28-30,32-33H,2-4,6,11,17-25H2,1H3,(H,49,58)(H,52,55)(H,53,57)/t28-,30-,32+,33+,44-/m1/s1. The molecule has 4 amide bonds. The minimum Gasteiger partial charge on any atom is -0.470 e. The first kappa shape index (κ1) is 44.4. The highest BCUT2D eigenvalue weighted by atomic mass is 32.2. The Hall–Kier alpha value is -5.76. The number of sulfonamides is 1. The topological polar surface area (TPSA) is 208 Å². The molecule has 2 aromatic heterocycles. The second kappa shape index (κ2) is 17.2. The predicted octanol–water partition coefficient (Wildman–Crippen LogP) is 6.08. The van der Waals surface area contributed by atoms with Crippen LogP contribution in [0.3, 0.4) is 0 Å².